The number of phenols is 1. The molecule has 2 rings (SSSR count). The first kappa shape index (κ1) is 14.8. The second-order valence-electron chi connectivity index (χ2n) is 4.21. The predicted octanol–water partition coefficient (Wildman–Crippen LogP) is -0.617. The van der Waals surface area contributed by atoms with Gasteiger partial charge in [0.2, 0.25) is 0 Å². The van der Waals surface area contributed by atoms with Crippen LogP contribution in [0.2, 0.25) is 0 Å². The van der Waals surface area contributed by atoms with Crippen molar-refractivity contribution in [3.63, 3.8) is 0 Å². The summed E-state index contributed by atoms with van der Waals surface area (Å²) in [6.45, 7) is 0. The fourth-order valence-electron chi connectivity index (χ4n) is 1.70. The number of benzene rings is 1. The molecule has 1 aromatic carbocycles. The van der Waals surface area contributed by atoms with Crippen LogP contribution in [0.5, 0.6) is 11.5 Å². The van der Waals surface area contributed by atoms with E-state index in [0.29, 0.717) is 5.56 Å². The Morgan fingerprint density at radius 3 is 2.50 bits per heavy atom. The maximum atomic E-state index is 11.5. The first-order valence-electron chi connectivity index (χ1n) is 5.45. The molecule has 0 spiro atoms. The number of methoxy groups -OCH3 is 1. The number of nitrogens with one attached hydrogen (secondary N) is 2. The summed E-state index contributed by atoms with van der Waals surface area (Å²) >= 11 is 0. The van der Waals surface area contributed by atoms with E-state index in [9.17, 15) is 14.5 Å². The van der Waals surface area contributed by atoms with E-state index in [4.69, 9.17) is 9.79 Å². The van der Waals surface area contributed by atoms with Crippen LogP contribution >= 0.6 is 7.82 Å². The summed E-state index contributed by atoms with van der Waals surface area (Å²) in [4.78, 5) is 28.8. The highest BCUT2D eigenvalue weighted by Gasteiger charge is 2.51. The summed E-state index contributed by atoms with van der Waals surface area (Å²) in [6.07, 6.45) is 0.184. The zero-order valence-corrected chi connectivity index (χ0v) is 11.3. The number of carbonyl (C=O) groups excluding carboxylic acids is 1. The number of esters is 1. The molecular weight excluding hydrogens is 291 g/mol. The van der Waals surface area contributed by atoms with Gasteiger partial charge in [0.15, 0.2) is 17.2 Å². The quantitative estimate of drug-likeness (QED) is 0.271. The molecule has 5 N–H and O–H groups in total. The first-order valence-corrected chi connectivity index (χ1v) is 6.98. The predicted molar refractivity (Wildman–Crippen MR) is 65.5 cm³/mol. The molecule has 1 aliphatic rings. The van der Waals surface area contributed by atoms with E-state index < -0.39 is 25.2 Å². The summed E-state index contributed by atoms with van der Waals surface area (Å²) in [6, 6.07) is 3.92. The minimum atomic E-state index is -4.74. The monoisotopic (exact) mass is 304 g/mol. The van der Waals surface area contributed by atoms with Gasteiger partial charge in [-0.25, -0.2) is 20.2 Å². The first-order chi connectivity index (χ1) is 9.26. The highest BCUT2D eigenvalue weighted by Crippen LogP contribution is 2.42. The largest absolute Gasteiger partial charge is 0.524 e. The van der Waals surface area contributed by atoms with Crippen molar-refractivity contribution < 1.29 is 33.5 Å². The van der Waals surface area contributed by atoms with E-state index in [0.717, 1.165) is 0 Å². The number of rotatable bonds is 5. The minimum absolute atomic E-state index is 0.184. The smallest absolute Gasteiger partial charge is 0.504 e. The van der Waals surface area contributed by atoms with Gasteiger partial charge in [0.05, 0.1) is 7.11 Å². The molecule has 0 aromatic heterocycles. The lowest BCUT2D eigenvalue weighted by atomic mass is 10.0. The van der Waals surface area contributed by atoms with Gasteiger partial charge in [0, 0.05) is 6.42 Å². The molecule has 0 atom stereocenters. The van der Waals surface area contributed by atoms with Gasteiger partial charge in [-0.3, -0.25) is 9.79 Å². The SMILES string of the molecule is COC(=O)C1(Cc2ccc(OP(=O)(O)O)c(O)c2)NN1. The third kappa shape index (κ3) is 3.27. The van der Waals surface area contributed by atoms with Crippen LogP contribution in [0.4, 0.5) is 0 Å². The Balaban J connectivity index is 2.14. The molecule has 1 heterocycles. The van der Waals surface area contributed by atoms with Gasteiger partial charge in [-0.05, 0) is 17.7 Å². The normalized spacial score (nSPS) is 16.6. The zero-order chi connectivity index (χ0) is 15.0. The second-order valence-corrected chi connectivity index (χ2v) is 5.37. The number of phosphoric ester groups is 1. The zero-order valence-electron chi connectivity index (χ0n) is 10.4. The van der Waals surface area contributed by atoms with Gasteiger partial charge < -0.3 is 14.4 Å². The molecule has 0 amide bonds. The van der Waals surface area contributed by atoms with Crippen LogP contribution in [0.25, 0.3) is 0 Å². The fraction of sp³-hybridized carbons (Fsp3) is 0.300. The molecule has 0 bridgehead atoms. The third-order valence-electron chi connectivity index (χ3n) is 2.67. The van der Waals surface area contributed by atoms with Crippen molar-refractivity contribution in [1.29, 1.82) is 0 Å². The molecule has 1 aromatic rings. The molecular formula is C10H13N2O7P. The van der Waals surface area contributed by atoms with Gasteiger partial charge in [0.1, 0.15) is 0 Å². The number of aromatic hydroxyl groups is 1. The maximum Gasteiger partial charge on any atom is 0.524 e. The number of phosphoric acid groups is 1. The van der Waals surface area contributed by atoms with Crippen molar-refractivity contribution in [1.82, 2.24) is 10.9 Å². The molecule has 0 saturated carbocycles. The van der Waals surface area contributed by atoms with E-state index in [1.165, 1.54) is 25.3 Å². The Bertz CT molecular complexity index is 581. The van der Waals surface area contributed by atoms with Crippen molar-refractivity contribution in [2.24, 2.45) is 0 Å². The lowest BCUT2D eigenvalue weighted by Crippen LogP contribution is -2.33. The standard InChI is InChI=1S/C10H13N2O7P/c1-18-9(14)10(11-12-10)5-6-2-3-8(7(13)4-6)19-20(15,16)17/h2-4,11-13H,5H2,1H3,(H2,15,16,17). The number of hydrogen-bond donors (Lipinski definition) is 5. The summed E-state index contributed by atoms with van der Waals surface area (Å²) in [5.74, 6) is -1.29. The molecule has 0 aliphatic carbocycles. The van der Waals surface area contributed by atoms with Gasteiger partial charge in [-0.2, -0.15) is 0 Å². The van der Waals surface area contributed by atoms with E-state index >= 15 is 0 Å². The van der Waals surface area contributed by atoms with Crippen molar-refractivity contribution in [3.05, 3.63) is 23.8 Å². The number of carbonyl (C=O) groups is 1. The topological polar surface area (TPSA) is 157 Å². The highest BCUT2D eigenvalue weighted by molar-refractivity contribution is 7.46. The Hall–Kier alpha value is -1.64. The molecule has 10 heteroatoms. The molecule has 0 radical (unpaired) electrons. The number of ether oxygens (including phenoxy) is 1. The number of hydrogen-bond acceptors (Lipinski definition) is 7. The van der Waals surface area contributed by atoms with Crippen LogP contribution in [-0.2, 0) is 20.5 Å². The van der Waals surface area contributed by atoms with Gasteiger partial charge in [-0.15, -0.1) is 0 Å². The van der Waals surface area contributed by atoms with Crippen molar-refractivity contribution in [3.8, 4) is 11.5 Å². The van der Waals surface area contributed by atoms with E-state index in [2.05, 4.69) is 20.1 Å². The molecule has 20 heavy (non-hydrogen) atoms. The van der Waals surface area contributed by atoms with Crippen molar-refractivity contribution in [2.75, 3.05) is 7.11 Å². The van der Waals surface area contributed by atoms with E-state index in [-0.39, 0.29) is 12.2 Å². The van der Waals surface area contributed by atoms with Gasteiger partial charge >= 0.3 is 13.8 Å². The lowest BCUT2D eigenvalue weighted by molar-refractivity contribution is -0.143. The summed E-state index contributed by atoms with van der Waals surface area (Å²) in [7, 11) is -3.49. The Kier molecular flexibility index (Phi) is 3.72. The van der Waals surface area contributed by atoms with E-state index in [1.807, 2.05) is 0 Å². The highest BCUT2D eigenvalue weighted by atomic mass is 31.2. The molecule has 1 fully saturated rings. The van der Waals surface area contributed by atoms with E-state index in [1.54, 1.807) is 0 Å². The van der Waals surface area contributed by atoms with Crippen LogP contribution in [0.15, 0.2) is 18.2 Å². The Morgan fingerprint density at radius 1 is 1.40 bits per heavy atom. The molecule has 1 saturated heterocycles. The number of hydrazine groups is 1. The van der Waals surface area contributed by atoms with Crippen LogP contribution in [0.1, 0.15) is 5.56 Å². The van der Waals surface area contributed by atoms with Gasteiger partial charge in [0.25, 0.3) is 0 Å². The van der Waals surface area contributed by atoms with Gasteiger partial charge in [-0.1, -0.05) is 6.07 Å². The molecule has 9 nitrogen and oxygen atoms in total. The maximum absolute atomic E-state index is 11.5. The molecule has 110 valence electrons. The fourth-order valence-corrected chi connectivity index (χ4v) is 2.11. The van der Waals surface area contributed by atoms with Crippen molar-refractivity contribution >= 4 is 13.8 Å². The minimum Gasteiger partial charge on any atom is -0.504 e. The average Bonchev–Trinajstić information content (AvgIpc) is 3.11. The Morgan fingerprint density at radius 2 is 2.05 bits per heavy atom. The summed E-state index contributed by atoms with van der Waals surface area (Å²) in [5, 5.41) is 9.64. The lowest BCUT2D eigenvalue weighted by Gasteiger charge is -2.12. The van der Waals surface area contributed by atoms with Crippen LogP contribution < -0.4 is 15.4 Å². The van der Waals surface area contributed by atoms with Crippen LogP contribution in [-0.4, -0.2) is 33.6 Å². The third-order valence-corrected chi connectivity index (χ3v) is 3.11. The molecule has 0 unspecified atom stereocenters. The molecule has 1 aliphatic heterocycles. The van der Waals surface area contributed by atoms with Crippen molar-refractivity contribution in [2.45, 2.75) is 12.1 Å². The van der Waals surface area contributed by atoms with Crippen LogP contribution in [0, 0.1) is 0 Å². The number of phenolic OH excluding ortho intramolecular Hbond substituents is 1. The average molecular weight is 304 g/mol. The summed E-state index contributed by atoms with van der Waals surface area (Å²) in [5.41, 5.74) is 4.82. The Labute approximate surface area is 113 Å². The summed E-state index contributed by atoms with van der Waals surface area (Å²) < 4.78 is 19.6. The second kappa shape index (κ2) is 5.04. The van der Waals surface area contributed by atoms with Crippen LogP contribution in [0.3, 0.4) is 0 Å².